The third-order valence-corrected chi connectivity index (χ3v) is 15.5. The summed E-state index contributed by atoms with van der Waals surface area (Å²) >= 11 is 0. The van der Waals surface area contributed by atoms with E-state index in [1.54, 1.807) is 39.9 Å². The summed E-state index contributed by atoms with van der Waals surface area (Å²) in [4.78, 5) is 28.4. The zero-order valence-electron chi connectivity index (χ0n) is 30.2. The predicted molar refractivity (Wildman–Crippen MR) is 186 cm³/mol. The molecular formula is C34H56F3N3O5Si2. The van der Waals surface area contributed by atoms with Crippen LogP contribution < -0.4 is 5.32 Å². The summed E-state index contributed by atoms with van der Waals surface area (Å²) in [5.74, 6) is -1.41. The lowest BCUT2D eigenvalue weighted by Gasteiger charge is -2.43. The summed E-state index contributed by atoms with van der Waals surface area (Å²) in [6.45, 7) is 23.2. The van der Waals surface area contributed by atoms with Crippen LogP contribution in [0.1, 0.15) is 63.2 Å². The van der Waals surface area contributed by atoms with Crippen LogP contribution in [0.15, 0.2) is 18.2 Å². The van der Waals surface area contributed by atoms with Crippen LogP contribution in [-0.4, -0.2) is 82.4 Å². The lowest BCUT2D eigenvalue weighted by molar-refractivity contribution is -0.210. The van der Waals surface area contributed by atoms with Crippen molar-refractivity contribution in [3.8, 4) is 0 Å². The van der Waals surface area contributed by atoms with Crippen LogP contribution in [0.5, 0.6) is 0 Å². The van der Waals surface area contributed by atoms with E-state index >= 15 is 0 Å². The van der Waals surface area contributed by atoms with Gasteiger partial charge in [0.25, 0.3) is 0 Å². The van der Waals surface area contributed by atoms with E-state index in [0.29, 0.717) is 31.7 Å². The molecule has 0 spiro atoms. The first kappa shape index (κ1) is 39.2. The largest absolute Gasteiger partial charge is 0.462 e. The second-order valence-corrected chi connectivity index (χ2v) is 26.1. The van der Waals surface area contributed by atoms with Gasteiger partial charge in [0.05, 0.1) is 30.3 Å². The molecule has 1 aromatic heterocycles. The first-order valence-corrected chi connectivity index (χ1v) is 23.3. The van der Waals surface area contributed by atoms with Gasteiger partial charge in [-0.2, -0.15) is 13.2 Å². The van der Waals surface area contributed by atoms with E-state index in [1.165, 1.54) is 0 Å². The van der Waals surface area contributed by atoms with Crippen LogP contribution in [0, 0.1) is 5.92 Å². The number of fused-ring (bicyclic) bond motifs is 3. The van der Waals surface area contributed by atoms with Crippen molar-refractivity contribution in [2.24, 2.45) is 5.92 Å². The first-order valence-electron chi connectivity index (χ1n) is 16.7. The van der Waals surface area contributed by atoms with Crippen LogP contribution in [0.4, 0.5) is 13.2 Å². The molecule has 2 aromatic rings. The van der Waals surface area contributed by atoms with Crippen molar-refractivity contribution in [2.45, 2.75) is 123 Å². The highest BCUT2D eigenvalue weighted by atomic mass is 28.4. The van der Waals surface area contributed by atoms with E-state index in [-0.39, 0.29) is 19.9 Å². The van der Waals surface area contributed by atoms with Crippen LogP contribution >= 0.6 is 0 Å². The maximum atomic E-state index is 14.5. The number of aromatic nitrogens is 1. The first-order chi connectivity index (χ1) is 21.6. The highest BCUT2D eigenvalue weighted by molar-refractivity contribution is 6.76. The summed E-state index contributed by atoms with van der Waals surface area (Å²) < 4.78 is 63.0. The Balaban J connectivity index is 1.89. The molecule has 2 atom stereocenters. The van der Waals surface area contributed by atoms with Crippen molar-refractivity contribution in [3.63, 3.8) is 0 Å². The number of amides is 1. The second-order valence-electron chi connectivity index (χ2n) is 15.8. The van der Waals surface area contributed by atoms with E-state index < -0.39 is 57.5 Å². The number of benzene rings is 1. The van der Waals surface area contributed by atoms with Gasteiger partial charge in [0.2, 0.25) is 5.91 Å². The number of esters is 1. The SMILES string of the molecule is CCOC(=O)c1cccc2c3c(n(COCC[Si](C)(C)C)c12)CN(CC(=O)NC(C(C)C)C(O[Si](C)(C)C(C)(C)C)C(F)(F)F)CC3. The van der Waals surface area contributed by atoms with Gasteiger partial charge in [-0.3, -0.25) is 9.69 Å². The third-order valence-electron chi connectivity index (χ3n) is 9.36. The Hall–Kier alpha value is -2.20. The lowest BCUT2D eigenvalue weighted by Crippen LogP contribution is -2.59. The van der Waals surface area contributed by atoms with Crippen molar-refractivity contribution in [3.05, 3.63) is 35.0 Å². The molecule has 13 heteroatoms. The van der Waals surface area contributed by atoms with Gasteiger partial charge in [-0.05, 0) is 55.1 Å². The quantitative estimate of drug-likeness (QED) is 0.124. The number of rotatable bonds is 14. The van der Waals surface area contributed by atoms with E-state index in [1.807, 2.05) is 42.4 Å². The summed E-state index contributed by atoms with van der Waals surface area (Å²) in [5, 5.41) is 3.22. The Morgan fingerprint density at radius 3 is 2.28 bits per heavy atom. The molecule has 266 valence electrons. The van der Waals surface area contributed by atoms with Gasteiger partial charge in [-0.25, -0.2) is 4.79 Å². The second kappa shape index (κ2) is 15.1. The molecule has 3 rings (SSSR count). The Kier molecular flexibility index (Phi) is 12.6. The fourth-order valence-electron chi connectivity index (χ4n) is 5.60. The number of nitrogens with zero attached hydrogens (tertiary/aromatic N) is 2. The zero-order chi connectivity index (χ0) is 35.5. The van der Waals surface area contributed by atoms with E-state index in [9.17, 15) is 22.8 Å². The third kappa shape index (κ3) is 9.93. The van der Waals surface area contributed by atoms with E-state index in [4.69, 9.17) is 13.9 Å². The molecule has 0 bridgehead atoms. The highest BCUT2D eigenvalue weighted by Crippen LogP contribution is 2.41. The van der Waals surface area contributed by atoms with Crippen LogP contribution in [0.25, 0.3) is 10.9 Å². The molecule has 2 unspecified atom stereocenters. The zero-order valence-corrected chi connectivity index (χ0v) is 32.2. The predicted octanol–water partition coefficient (Wildman–Crippen LogP) is 7.58. The minimum absolute atomic E-state index is 0.0733. The number of hydrogen-bond donors (Lipinski definition) is 1. The average Bonchev–Trinajstić information content (AvgIpc) is 3.24. The standard InChI is InChI=1S/C34H56F3N3O5Si2/c1-12-44-32(42)26-15-13-14-25-24-16-17-39(20-27(24)40(30(25)26)22-43-18-19-46(7,8)9)21-28(41)38-29(23(2)3)31(34(35,36)37)45-47(10,11)33(4,5)6/h13-15,23,29,31H,12,16-22H2,1-11H3,(H,38,41). The summed E-state index contributed by atoms with van der Waals surface area (Å²) in [7, 11) is -4.15. The molecule has 47 heavy (non-hydrogen) atoms. The molecule has 8 nitrogen and oxygen atoms in total. The Morgan fingerprint density at radius 1 is 1.06 bits per heavy atom. The number of para-hydroxylation sites is 1. The summed E-state index contributed by atoms with van der Waals surface area (Å²) in [5.41, 5.74) is 3.21. The number of nitrogens with one attached hydrogen (secondary N) is 1. The molecule has 0 radical (unpaired) electrons. The van der Waals surface area contributed by atoms with Crippen LogP contribution in [0.2, 0.25) is 43.8 Å². The van der Waals surface area contributed by atoms with Gasteiger partial charge < -0.3 is 23.8 Å². The Labute approximate surface area is 280 Å². The molecule has 0 fully saturated rings. The lowest BCUT2D eigenvalue weighted by atomic mass is 9.98. The number of alkyl halides is 3. The van der Waals surface area contributed by atoms with Gasteiger partial charge in [0.15, 0.2) is 14.4 Å². The molecule has 1 N–H and O–H groups in total. The molecular weight excluding hydrogens is 644 g/mol. The molecule has 0 aliphatic carbocycles. The van der Waals surface area contributed by atoms with Crippen molar-refractivity contribution < 1.29 is 36.7 Å². The Bertz CT molecular complexity index is 1400. The maximum absolute atomic E-state index is 14.5. The van der Waals surface area contributed by atoms with Crippen molar-refractivity contribution in [1.29, 1.82) is 0 Å². The summed E-state index contributed by atoms with van der Waals surface area (Å²) in [6.07, 6.45) is -6.15. The van der Waals surface area contributed by atoms with Crippen molar-refractivity contribution in [2.75, 3.05) is 26.3 Å². The molecule has 2 heterocycles. The molecule has 1 aliphatic rings. The fourth-order valence-corrected chi connectivity index (χ4v) is 7.63. The van der Waals surface area contributed by atoms with Gasteiger partial charge in [-0.1, -0.05) is 66.4 Å². The number of halogens is 3. The van der Waals surface area contributed by atoms with Gasteiger partial charge >= 0.3 is 12.1 Å². The van der Waals surface area contributed by atoms with E-state index in [2.05, 4.69) is 25.0 Å². The normalized spacial score (nSPS) is 16.3. The highest BCUT2D eigenvalue weighted by Gasteiger charge is 2.52. The van der Waals surface area contributed by atoms with Gasteiger partial charge in [-0.15, -0.1) is 0 Å². The van der Waals surface area contributed by atoms with Crippen LogP contribution in [-0.2, 0) is 38.4 Å². The molecule has 1 aliphatic heterocycles. The summed E-state index contributed by atoms with van der Waals surface area (Å²) in [6, 6.07) is 5.34. The minimum Gasteiger partial charge on any atom is -0.462 e. The monoisotopic (exact) mass is 699 g/mol. The number of carbonyl (C=O) groups excluding carboxylic acids is 2. The number of carbonyl (C=O) groups is 2. The molecule has 1 amide bonds. The molecule has 1 aromatic carbocycles. The van der Waals surface area contributed by atoms with Crippen LogP contribution in [0.3, 0.4) is 0 Å². The number of ether oxygens (including phenoxy) is 2. The molecule has 0 saturated heterocycles. The molecule has 0 saturated carbocycles. The number of hydrogen-bond acceptors (Lipinski definition) is 6. The van der Waals surface area contributed by atoms with Crippen molar-refractivity contribution in [1.82, 2.24) is 14.8 Å². The fraction of sp³-hybridized carbons (Fsp3) is 0.706. The van der Waals surface area contributed by atoms with Crippen molar-refractivity contribution >= 4 is 39.2 Å². The smallest absolute Gasteiger partial charge is 0.415 e. The van der Waals surface area contributed by atoms with Gasteiger partial charge in [0, 0.05) is 38.9 Å². The Morgan fingerprint density at radius 2 is 1.72 bits per heavy atom. The van der Waals surface area contributed by atoms with E-state index in [0.717, 1.165) is 28.2 Å². The van der Waals surface area contributed by atoms with Gasteiger partial charge in [0.1, 0.15) is 6.73 Å². The topological polar surface area (TPSA) is 82.0 Å². The average molecular weight is 700 g/mol. The minimum atomic E-state index is -4.65. The maximum Gasteiger partial charge on any atom is 0.415 e.